The van der Waals surface area contributed by atoms with E-state index in [4.69, 9.17) is 5.11 Å². The fourth-order valence-electron chi connectivity index (χ4n) is 1.40. The number of carbonyl (C=O) groups is 2. The third-order valence-corrected chi connectivity index (χ3v) is 2.25. The molecule has 0 spiro atoms. The molecule has 9 heteroatoms. The lowest BCUT2D eigenvalue weighted by molar-refractivity contribution is -0.137. The topological polar surface area (TPSA) is 97.1 Å². The number of carboxylic acids is 1. The Morgan fingerprint density at radius 3 is 2.80 bits per heavy atom. The van der Waals surface area contributed by atoms with E-state index in [-0.39, 0.29) is 11.4 Å². The Bertz CT molecular complexity index is 671. The summed E-state index contributed by atoms with van der Waals surface area (Å²) in [6.07, 6.45) is 1.08. The average Bonchev–Trinajstić information content (AvgIpc) is 2.81. The van der Waals surface area contributed by atoms with Crippen molar-refractivity contribution >= 4 is 17.6 Å². The molecule has 7 nitrogen and oxygen atoms in total. The van der Waals surface area contributed by atoms with E-state index in [1.807, 2.05) is 0 Å². The summed E-state index contributed by atoms with van der Waals surface area (Å²) in [4.78, 5) is 22.2. The van der Waals surface area contributed by atoms with Crippen LogP contribution in [-0.4, -0.2) is 32.0 Å². The summed E-state index contributed by atoms with van der Waals surface area (Å²) >= 11 is 0. The Morgan fingerprint density at radius 1 is 1.35 bits per heavy atom. The van der Waals surface area contributed by atoms with Gasteiger partial charge in [0, 0.05) is 6.07 Å². The molecule has 0 bridgehead atoms. The summed E-state index contributed by atoms with van der Waals surface area (Å²) in [5.74, 6) is -3.50. The van der Waals surface area contributed by atoms with Crippen molar-refractivity contribution in [1.29, 1.82) is 0 Å². The van der Waals surface area contributed by atoms with Gasteiger partial charge in [0.15, 0.2) is 5.69 Å². The molecule has 20 heavy (non-hydrogen) atoms. The largest absolute Gasteiger partial charge is 0.480 e. The molecule has 2 aromatic rings. The van der Waals surface area contributed by atoms with Gasteiger partial charge in [-0.2, -0.15) is 0 Å². The predicted octanol–water partition coefficient (Wildman–Crippen LogP) is 0.893. The maximum Gasteiger partial charge on any atom is 0.325 e. The molecule has 1 aromatic heterocycles. The lowest BCUT2D eigenvalue weighted by Crippen LogP contribution is -2.14. The molecular weight excluding hydrogens is 274 g/mol. The molecule has 0 aliphatic rings. The minimum atomic E-state index is -1.15. The quantitative estimate of drug-likeness (QED) is 0.868. The first-order valence-corrected chi connectivity index (χ1v) is 5.34. The molecule has 104 valence electrons. The van der Waals surface area contributed by atoms with Gasteiger partial charge in [0.25, 0.3) is 5.91 Å². The van der Waals surface area contributed by atoms with E-state index in [2.05, 4.69) is 15.6 Å². The Labute approximate surface area is 110 Å². The smallest absolute Gasteiger partial charge is 0.325 e. The molecule has 0 aliphatic heterocycles. The van der Waals surface area contributed by atoms with Crippen molar-refractivity contribution in [2.24, 2.45) is 0 Å². The van der Waals surface area contributed by atoms with Gasteiger partial charge >= 0.3 is 5.97 Å². The molecule has 0 radical (unpaired) electrons. The van der Waals surface area contributed by atoms with Crippen molar-refractivity contribution in [3.8, 4) is 0 Å². The molecule has 2 rings (SSSR count). The first kappa shape index (κ1) is 13.6. The number of carboxylic acid groups (broad SMARTS) is 1. The third-order valence-electron chi connectivity index (χ3n) is 2.25. The molecule has 0 saturated carbocycles. The van der Waals surface area contributed by atoms with E-state index >= 15 is 0 Å². The van der Waals surface area contributed by atoms with E-state index in [1.165, 1.54) is 0 Å². The zero-order valence-corrected chi connectivity index (χ0v) is 9.88. The number of carbonyl (C=O) groups excluding carboxylic acids is 1. The van der Waals surface area contributed by atoms with Gasteiger partial charge in [-0.15, -0.1) is 5.10 Å². The number of hydrogen-bond donors (Lipinski definition) is 2. The molecular formula is C11H8F2N4O3. The van der Waals surface area contributed by atoms with Crippen LogP contribution in [0.2, 0.25) is 0 Å². The summed E-state index contributed by atoms with van der Waals surface area (Å²) in [7, 11) is 0. The SMILES string of the molecule is O=C(O)Cn1cc(C(=O)Nc2cc(F)ccc2F)nn1. The Hall–Kier alpha value is -2.84. The second-order valence-corrected chi connectivity index (χ2v) is 3.77. The number of hydrogen-bond acceptors (Lipinski definition) is 4. The number of anilines is 1. The van der Waals surface area contributed by atoms with E-state index < -0.39 is 30.1 Å². The van der Waals surface area contributed by atoms with Crippen molar-refractivity contribution in [3.05, 3.63) is 41.7 Å². The highest BCUT2D eigenvalue weighted by atomic mass is 19.1. The monoisotopic (exact) mass is 282 g/mol. The maximum atomic E-state index is 13.3. The number of halogens is 2. The highest BCUT2D eigenvalue weighted by molar-refractivity contribution is 6.02. The molecule has 0 fully saturated rings. The number of benzene rings is 1. The van der Waals surface area contributed by atoms with E-state index in [9.17, 15) is 18.4 Å². The Balaban J connectivity index is 2.13. The van der Waals surface area contributed by atoms with Gasteiger partial charge in [0.05, 0.1) is 11.9 Å². The highest BCUT2D eigenvalue weighted by Crippen LogP contribution is 2.15. The molecule has 2 N–H and O–H groups in total. The summed E-state index contributed by atoms with van der Waals surface area (Å²) < 4.78 is 27.2. The first-order valence-electron chi connectivity index (χ1n) is 5.34. The molecule has 0 saturated heterocycles. The van der Waals surface area contributed by atoms with E-state index in [0.717, 1.165) is 29.1 Å². The number of rotatable bonds is 4. The highest BCUT2D eigenvalue weighted by Gasteiger charge is 2.14. The van der Waals surface area contributed by atoms with Crippen LogP contribution in [0.5, 0.6) is 0 Å². The van der Waals surface area contributed by atoms with Gasteiger partial charge in [-0.3, -0.25) is 9.59 Å². The van der Waals surface area contributed by atoms with Crippen molar-refractivity contribution in [1.82, 2.24) is 15.0 Å². The molecule has 0 unspecified atom stereocenters. The Kier molecular flexibility index (Phi) is 3.69. The average molecular weight is 282 g/mol. The minimum absolute atomic E-state index is 0.213. The van der Waals surface area contributed by atoms with Crippen LogP contribution in [0, 0.1) is 11.6 Å². The first-order chi connectivity index (χ1) is 9.45. The molecule has 1 heterocycles. The van der Waals surface area contributed by atoms with E-state index in [1.54, 1.807) is 0 Å². The zero-order valence-electron chi connectivity index (χ0n) is 9.88. The standard InChI is InChI=1S/C11H8F2N4O3/c12-6-1-2-7(13)8(3-6)14-11(20)9-4-17(16-15-9)5-10(18)19/h1-4H,5H2,(H,14,20)(H,18,19). The third kappa shape index (κ3) is 3.13. The number of aliphatic carboxylic acids is 1. The fraction of sp³-hybridized carbons (Fsp3) is 0.0909. The minimum Gasteiger partial charge on any atom is -0.480 e. The van der Waals surface area contributed by atoms with E-state index in [0.29, 0.717) is 0 Å². The van der Waals surface area contributed by atoms with Gasteiger partial charge in [-0.05, 0) is 12.1 Å². The molecule has 1 amide bonds. The predicted molar refractivity (Wildman–Crippen MR) is 62.0 cm³/mol. The van der Waals surface area contributed by atoms with Crippen LogP contribution in [0.15, 0.2) is 24.4 Å². The van der Waals surface area contributed by atoms with Gasteiger partial charge in [-0.1, -0.05) is 5.21 Å². The molecule has 0 aliphatic carbocycles. The summed E-state index contributed by atoms with van der Waals surface area (Å²) in [5, 5.41) is 17.5. The van der Waals surface area contributed by atoms with Crippen LogP contribution >= 0.6 is 0 Å². The number of nitrogens with zero attached hydrogens (tertiary/aromatic N) is 3. The lowest BCUT2D eigenvalue weighted by atomic mass is 10.3. The number of amides is 1. The van der Waals surface area contributed by atoms with Crippen LogP contribution in [0.3, 0.4) is 0 Å². The molecule has 0 atom stereocenters. The summed E-state index contributed by atoms with van der Waals surface area (Å²) in [6.45, 7) is -0.464. The lowest BCUT2D eigenvalue weighted by Gasteiger charge is -2.04. The van der Waals surface area contributed by atoms with Crippen LogP contribution < -0.4 is 5.32 Å². The number of aromatic nitrogens is 3. The van der Waals surface area contributed by atoms with Gasteiger partial charge < -0.3 is 10.4 Å². The normalized spacial score (nSPS) is 10.3. The van der Waals surface area contributed by atoms with Crippen molar-refractivity contribution < 1.29 is 23.5 Å². The van der Waals surface area contributed by atoms with Crippen LogP contribution in [0.1, 0.15) is 10.5 Å². The van der Waals surface area contributed by atoms with Crippen molar-refractivity contribution in [2.75, 3.05) is 5.32 Å². The van der Waals surface area contributed by atoms with Crippen LogP contribution in [0.25, 0.3) is 0 Å². The summed E-state index contributed by atoms with van der Waals surface area (Å²) in [6, 6.07) is 2.59. The van der Waals surface area contributed by atoms with Crippen molar-refractivity contribution in [2.45, 2.75) is 6.54 Å². The molecule has 1 aromatic carbocycles. The summed E-state index contributed by atoms with van der Waals surface area (Å²) in [5.41, 5.74) is -0.558. The fourth-order valence-corrected chi connectivity index (χ4v) is 1.40. The van der Waals surface area contributed by atoms with Gasteiger partial charge in [-0.25, -0.2) is 13.5 Å². The second-order valence-electron chi connectivity index (χ2n) is 3.77. The van der Waals surface area contributed by atoms with Crippen LogP contribution in [-0.2, 0) is 11.3 Å². The van der Waals surface area contributed by atoms with Gasteiger partial charge in [0.1, 0.15) is 18.2 Å². The van der Waals surface area contributed by atoms with Gasteiger partial charge in [0.2, 0.25) is 0 Å². The Morgan fingerprint density at radius 2 is 2.10 bits per heavy atom. The zero-order chi connectivity index (χ0) is 14.7. The number of nitrogens with one attached hydrogen (secondary N) is 1. The van der Waals surface area contributed by atoms with Crippen LogP contribution in [0.4, 0.5) is 14.5 Å². The second kappa shape index (κ2) is 5.43. The maximum absolute atomic E-state index is 13.3. The van der Waals surface area contributed by atoms with Crippen molar-refractivity contribution in [3.63, 3.8) is 0 Å².